The minimum Gasteiger partial charge on any atom is -0.453 e. The molecule has 1 fully saturated rings. The normalized spacial score (nSPS) is 15.8. The molecule has 0 saturated carbocycles. The Balaban J connectivity index is 1.75. The standard InChI is InChI=1S/C15H20N2O3/c1-20-15(19)17-9-7-13(8-10-17)16-14(18)11-12-5-3-2-4-6-12/h2-6,13H,7-11H2,1H3,(H,16,18). The molecule has 2 rings (SSSR count). The van der Waals surface area contributed by atoms with Gasteiger partial charge in [-0.1, -0.05) is 30.3 Å². The molecule has 1 aromatic rings. The number of amides is 2. The largest absolute Gasteiger partial charge is 0.453 e. The van der Waals surface area contributed by atoms with Crippen LogP contribution in [0.15, 0.2) is 30.3 Å². The van der Waals surface area contributed by atoms with Crippen LogP contribution < -0.4 is 5.32 Å². The van der Waals surface area contributed by atoms with Gasteiger partial charge in [0.15, 0.2) is 0 Å². The van der Waals surface area contributed by atoms with E-state index in [0.717, 1.165) is 18.4 Å². The molecule has 0 radical (unpaired) electrons. The molecular weight excluding hydrogens is 256 g/mol. The molecule has 2 amide bonds. The van der Waals surface area contributed by atoms with E-state index in [9.17, 15) is 9.59 Å². The zero-order valence-electron chi connectivity index (χ0n) is 11.7. The lowest BCUT2D eigenvalue weighted by Gasteiger charge is -2.31. The van der Waals surface area contributed by atoms with Gasteiger partial charge in [-0.15, -0.1) is 0 Å². The molecule has 20 heavy (non-hydrogen) atoms. The van der Waals surface area contributed by atoms with Crippen LogP contribution in [0.2, 0.25) is 0 Å². The number of nitrogens with one attached hydrogen (secondary N) is 1. The van der Waals surface area contributed by atoms with Crippen LogP contribution >= 0.6 is 0 Å². The minimum atomic E-state index is -0.293. The molecule has 1 saturated heterocycles. The average molecular weight is 276 g/mol. The molecule has 1 aromatic carbocycles. The Morgan fingerprint density at radius 2 is 1.90 bits per heavy atom. The third-order valence-electron chi connectivity index (χ3n) is 3.50. The summed E-state index contributed by atoms with van der Waals surface area (Å²) in [5.41, 5.74) is 1.01. The lowest BCUT2D eigenvalue weighted by Crippen LogP contribution is -2.46. The van der Waals surface area contributed by atoms with E-state index in [0.29, 0.717) is 19.5 Å². The van der Waals surface area contributed by atoms with Gasteiger partial charge in [-0.25, -0.2) is 4.79 Å². The highest BCUT2D eigenvalue weighted by molar-refractivity contribution is 5.78. The van der Waals surface area contributed by atoms with Crippen LogP contribution in [0.5, 0.6) is 0 Å². The lowest BCUT2D eigenvalue weighted by molar-refractivity contribution is -0.121. The van der Waals surface area contributed by atoms with Crippen molar-refractivity contribution in [2.24, 2.45) is 0 Å². The number of likely N-dealkylation sites (tertiary alicyclic amines) is 1. The first-order chi connectivity index (χ1) is 9.69. The van der Waals surface area contributed by atoms with Crippen molar-refractivity contribution in [3.63, 3.8) is 0 Å². The number of carbonyl (C=O) groups is 2. The maximum absolute atomic E-state index is 11.9. The second-order valence-corrected chi connectivity index (χ2v) is 4.96. The van der Waals surface area contributed by atoms with E-state index in [2.05, 4.69) is 10.1 Å². The fourth-order valence-electron chi connectivity index (χ4n) is 2.40. The summed E-state index contributed by atoms with van der Waals surface area (Å²) in [4.78, 5) is 25.0. The second kappa shape index (κ2) is 6.93. The summed E-state index contributed by atoms with van der Waals surface area (Å²) in [5, 5.41) is 3.03. The van der Waals surface area contributed by atoms with Crippen molar-refractivity contribution in [3.8, 4) is 0 Å². The van der Waals surface area contributed by atoms with Crippen molar-refractivity contribution in [1.82, 2.24) is 10.2 Å². The number of hydrogen-bond acceptors (Lipinski definition) is 3. The van der Waals surface area contributed by atoms with Gasteiger partial charge in [-0.2, -0.15) is 0 Å². The topological polar surface area (TPSA) is 58.6 Å². The Kier molecular flexibility index (Phi) is 4.98. The van der Waals surface area contributed by atoms with Crippen molar-refractivity contribution in [3.05, 3.63) is 35.9 Å². The van der Waals surface area contributed by atoms with E-state index in [-0.39, 0.29) is 18.0 Å². The highest BCUT2D eigenvalue weighted by Crippen LogP contribution is 2.11. The van der Waals surface area contributed by atoms with Crippen LogP contribution in [0.25, 0.3) is 0 Å². The fourth-order valence-corrected chi connectivity index (χ4v) is 2.40. The first-order valence-electron chi connectivity index (χ1n) is 6.85. The molecule has 1 heterocycles. The molecular formula is C15H20N2O3. The van der Waals surface area contributed by atoms with E-state index in [4.69, 9.17) is 0 Å². The van der Waals surface area contributed by atoms with E-state index in [1.165, 1.54) is 7.11 Å². The third-order valence-corrected chi connectivity index (χ3v) is 3.50. The summed E-state index contributed by atoms with van der Waals surface area (Å²) in [7, 11) is 1.38. The van der Waals surface area contributed by atoms with Gasteiger partial charge in [0.1, 0.15) is 0 Å². The van der Waals surface area contributed by atoms with Crippen molar-refractivity contribution < 1.29 is 14.3 Å². The van der Waals surface area contributed by atoms with E-state index in [1.54, 1.807) is 4.90 Å². The predicted molar refractivity (Wildman–Crippen MR) is 75.3 cm³/mol. The molecule has 1 aliphatic heterocycles. The summed E-state index contributed by atoms with van der Waals surface area (Å²) >= 11 is 0. The monoisotopic (exact) mass is 276 g/mol. The van der Waals surface area contributed by atoms with Crippen LogP contribution in [0.1, 0.15) is 18.4 Å². The van der Waals surface area contributed by atoms with Crippen molar-refractivity contribution in [1.29, 1.82) is 0 Å². The Morgan fingerprint density at radius 1 is 1.25 bits per heavy atom. The van der Waals surface area contributed by atoms with Crippen LogP contribution in [0, 0.1) is 0 Å². The van der Waals surface area contributed by atoms with Crippen molar-refractivity contribution in [2.75, 3.05) is 20.2 Å². The predicted octanol–water partition coefficient (Wildman–Crippen LogP) is 1.58. The summed E-state index contributed by atoms with van der Waals surface area (Å²) in [6, 6.07) is 9.82. The Morgan fingerprint density at radius 3 is 2.50 bits per heavy atom. The highest BCUT2D eigenvalue weighted by Gasteiger charge is 2.24. The third kappa shape index (κ3) is 3.98. The number of nitrogens with zero attached hydrogens (tertiary/aromatic N) is 1. The van der Waals surface area contributed by atoms with Gasteiger partial charge in [0, 0.05) is 19.1 Å². The Bertz CT molecular complexity index is 453. The zero-order chi connectivity index (χ0) is 14.4. The molecule has 0 spiro atoms. The molecule has 0 aliphatic carbocycles. The zero-order valence-corrected chi connectivity index (χ0v) is 11.7. The van der Waals surface area contributed by atoms with Gasteiger partial charge in [0.25, 0.3) is 0 Å². The molecule has 0 bridgehead atoms. The van der Waals surface area contributed by atoms with Gasteiger partial charge in [-0.05, 0) is 18.4 Å². The Labute approximate surface area is 118 Å². The minimum absolute atomic E-state index is 0.0349. The SMILES string of the molecule is COC(=O)N1CCC(NC(=O)Cc2ccccc2)CC1. The average Bonchev–Trinajstić information content (AvgIpc) is 2.48. The molecule has 0 aromatic heterocycles. The molecule has 5 nitrogen and oxygen atoms in total. The molecule has 0 atom stereocenters. The quantitative estimate of drug-likeness (QED) is 0.911. The number of piperidine rings is 1. The van der Waals surface area contributed by atoms with Crippen LogP contribution in [-0.4, -0.2) is 43.1 Å². The first-order valence-corrected chi connectivity index (χ1v) is 6.85. The first kappa shape index (κ1) is 14.4. The smallest absolute Gasteiger partial charge is 0.409 e. The van der Waals surface area contributed by atoms with Crippen LogP contribution in [0.3, 0.4) is 0 Å². The molecule has 5 heteroatoms. The van der Waals surface area contributed by atoms with Crippen LogP contribution in [-0.2, 0) is 16.0 Å². The summed E-state index contributed by atoms with van der Waals surface area (Å²) < 4.78 is 4.68. The number of ether oxygens (including phenoxy) is 1. The lowest BCUT2D eigenvalue weighted by atomic mass is 10.0. The van der Waals surface area contributed by atoms with Gasteiger partial charge in [0.05, 0.1) is 13.5 Å². The summed E-state index contributed by atoms with van der Waals surface area (Å²) in [6.45, 7) is 1.26. The number of hydrogen-bond donors (Lipinski definition) is 1. The molecule has 108 valence electrons. The van der Waals surface area contributed by atoms with Gasteiger partial charge < -0.3 is 15.0 Å². The van der Waals surface area contributed by atoms with Crippen molar-refractivity contribution in [2.45, 2.75) is 25.3 Å². The Hall–Kier alpha value is -2.04. The van der Waals surface area contributed by atoms with Crippen LogP contribution in [0.4, 0.5) is 4.79 Å². The van der Waals surface area contributed by atoms with Crippen molar-refractivity contribution >= 4 is 12.0 Å². The highest BCUT2D eigenvalue weighted by atomic mass is 16.5. The van der Waals surface area contributed by atoms with Gasteiger partial charge >= 0.3 is 6.09 Å². The number of rotatable bonds is 3. The molecule has 0 unspecified atom stereocenters. The summed E-state index contributed by atoms with van der Waals surface area (Å²) in [5.74, 6) is 0.0349. The number of carbonyl (C=O) groups excluding carboxylic acids is 2. The van der Waals surface area contributed by atoms with Gasteiger partial charge in [-0.3, -0.25) is 4.79 Å². The van der Waals surface area contributed by atoms with Gasteiger partial charge in [0.2, 0.25) is 5.91 Å². The van der Waals surface area contributed by atoms with E-state index < -0.39 is 0 Å². The number of benzene rings is 1. The second-order valence-electron chi connectivity index (χ2n) is 4.96. The van der Waals surface area contributed by atoms with E-state index in [1.807, 2.05) is 30.3 Å². The molecule has 1 N–H and O–H groups in total. The van der Waals surface area contributed by atoms with E-state index >= 15 is 0 Å². The summed E-state index contributed by atoms with van der Waals surface area (Å²) in [6.07, 6.45) is 1.66. The maximum atomic E-state index is 11.9. The fraction of sp³-hybridized carbons (Fsp3) is 0.467. The number of methoxy groups -OCH3 is 1. The molecule has 1 aliphatic rings. The maximum Gasteiger partial charge on any atom is 0.409 e.